The summed E-state index contributed by atoms with van der Waals surface area (Å²) in [7, 11) is 0. The summed E-state index contributed by atoms with van der Waals surface area (Å²) in [6.45, 7) is 11.1. The zero-order valence-corrected chi connectivity index (χ0v) is 16.1. The Morgan fingerprint density at radius 2 is 1.70 bits per heavy atom. The smallest absolute Gasteiger partial charge is 0.410 e. The zero-order chi connectivity index (χ0) is 17.7. The quantitative estimate of drug-likeness (QED) is 0.687. The second-order valence-electron chi connectivity index (χ2n) is 7.25. The highest BCUT2D eigenvalue weighted by atomic mass is 32.2. The van der Waals surface area contributed by atoms with Crippen molar-refractivity contribution in [3.05, 3.63) is 0 Å². The summed E-state index contributed by atoms with van der Waals surface area (Å²) in [5, 5.41) is 0. The molecule has 134 valence electrons. The summed E-state index contributed by atoms with van der Waals surface area (Å²) in [4.78, 5) is 25.7. The molecule has 1 saturated heterocycles. The Balaban J connectivity index is 2.51. The van der Waals surface area contributed by atoms with Gasteiger partial charge in [-0.25, -0.2) is 4.79 Å². The van der Waals surface area contributed by atoms with E-state index in [2.05, 4.69) is 0 Å². The lowest BCUT2D eigenvalue weighted by atomic mass is 9.83. The highest BCUT2D eigenvalue weighted by molar-refractivity contribution is 7.99. The fourth-order valence-electron chi connectivity index (χ4n) is 2.65. The number of hydrogen-bond donors (Lipinski definition) is 0. The fourth-order valence-corrected chi connectivity index (χ4v) is 2.95. The topological polar surface area (TPSA) is 55.8 Å². The number of carbonyl (C=O) groups is 2. The Labute approximate surface area is 144 Å². The molecule has 1 heterocycles. The van der Waals surface area contributed by atoms with E-state index in [1.54, 1.807) is 4.90 Å². The third-order valence-corrected chi connectivity index (χ3v) is 5.11. The van der Waals surface area contributed by atoms with Gasteiger partial charge in [-0.05, 0) is 53.2 Å². The first-order valence-electron chi connectivity index (χ1n) is 8.30. The van der Waals surface area contributed by atoms with Gasteiger partial charge in [0, 0.05) is 19.0 Å². The van der Waals surface area contributed by atoms with Crippen LogP contribution >= 0.6 is 11.8 Å². The van der Waals surface area contributed by atoms with E-state index in [0.29, 0.717) is 18.8 Å². The number of rotatable bonds is 6. The van der Waals surface area contributed by atoms with Crippen molar-refractivity contribution in [2.24, 2.45) is 5.92 Å². The van der Waals surface area contributed by atoms with Crippen LogP contribution in [-0.2, 0) is 14.3 Å². The molecule has 0 spiro atoms. The first-order chi connectivity index (χ1) is 10.6. The van der Waals surface area contributed by atoms with Crippen LogP contribution in [0.3, 0.4) is 0 Å². The first kappa shape index (κ1) is 20.1. The molecule has 0 unspecified atom stereocenters. The van der Waals surface area contributed by atoms with E-state index >= 15 is 0 Å². The molecular formula is C17H31NO4S. The summed E-state index contributed by atoms with van der Waals surface area (Å²) >= 11 is 1.46. The van der Waals surface area contributed by atoms with E-state index < -0.39 is 11.2 Å². The minimum absolute atomic E-state index is 0.172. The predicted molar refractivity (Wildman–Crippen MR) is 93.7 cm³/mol. The molecule has 5 nitrogen and oxygen atoms in total. The molecule has 0 aliphatic carbocycles. The van der Waals surface area contributed by atoms with Crippen LogP contribution in [0.2, 0.25) is 0 Å². The summed E-state index contributed by atoms with van der Waals surface area (Å²) in [5.41, 5.74) is -0.925. The van der Waals surface area contributed by atoms with Crippen molar-refractivity contribution in [1.82, 2.24) is 4.90 Å². The molecule has 1 fully saturated rings. The van der Waals surface area contributed by atoms with E-state index in [-0.39, 0.29) is 18.0 Å². The van der Waals surface area contributed by atoms with Gasteiger partial charge in [0.2, 0.25) is 0 Å². The maximum absolute atomic E-state index is 12.2. The normalized spacial score (nSPS) is 17.0. The molecule has 1 aliphatic rings. The van der Waals surface area contributed by atoms with Crippen molar-refractivity contribution in [3.8, 4) is 0 Å². The number of thioether (sulfide) groups is 1. The minimum atomic E-state index is -0.495. The monoisotopic (exact) mass is 345 g/mol. The van der Waals surface area contributed by atoms with Crippen molar-refractivity contribution in [3.63, 3.8) is 0 Å². The molecule has 0 N–H and O–H groups in total. The Morgan fingerprint density at radius 3 is 2.17 bits per heavy atom. The van der Waals surface area contributed by atoms with Gasteiger partial charge in [0.05, 0.1) is 5.75 Å². The van der Waals surface area contributed by atoms with E-state index in [4.69, 9.17) is 9.47 Å². The van der Waals surface area contributed by atoms with Gasteiger partial charge in [-0.2, -0.15) is 11.8 Å². The number of nitrogens with zero attached hydrogens (tertiary/aromatic N) is 1. The van der Waals surface area contributed by atoms with Gasteiger partial charge in [-0.15, -0.1) is 0 Å². The molecule has 0 aromatic carbocycles. The Bertz CT molecular complexity index is 415. The van der Waals surface area contributed by atoms with Crippen LogP contribution in [0.1, 0.15) is 53.9 Å². The average molecular weight is 346 g/mol. The van der Waals surface area contributed by atoms with Crippen molar-refractivity contribution in [2.45, 2.75) is 65.1 Å². The molecule has 0 saturated carbocycles. The molecule has 0 aromatic rings. The summed E-state index contributed by atoms with van der Waals surface area (Å²) in [5.74, 6) is 0.464. The second kappa shape index (κ2) is 8.27. The second-order valence-corrected chi connectivity index (χ2v) is 8.12. The van der Waals surface area contributed by atoms with Crippen LogP contribution in [0, 0.1) is 5.92 Å². The number of amides is 1. The van der Waals surface area contributed by atoms with Crippen LogP contribution in [0.5, 0.6) is 0 Å². The van der Waals surface area contributed by atoms with E-state index in [1.807, 2.05) is 40.9 Å². The summed E-state index contributed by atoms with van der Waals surface area (Å²) in [6, 6.07) is 0. The van der Waals surface area contributed by atoms with Gasteiger partial charge in [0.15, 0.2) is 0 Å². The fraction of sp³-hybridized carbons (Fsp3) is 0.882. The Kier molecular flexibility index (Phi) is 7.24. The Morgan fingerprint density at radius 1 is 1.13 bits per heavy atom. The number of ether oxygens (including phenoxy) is 2. The third-order valence-electron chi connectivity index (χ3n) is 4.59. The molecule has 0 atom stereocenters. The highest BCUT2D eigenvalue weighted by Crippen LogP contribution is 2.32. The van der Waals surface area contributed by atoms with E-state index in [0.717, 1.165) is 19.3 Å². The van der Waals surface area contributed by atoms with Crippen LogP contribution in [0.15, 0.2) is 0 Å². The van der Waals surface area contributed by atoms with Gasteiger partial charge in [-0.1, -0.05) is 6.92 Å². The number of carbonyl (C=O) groups excluding carboxylic acids is 2. The van der Waals surface area contributed by atoms with Gasteiger partial charge < -0.3 is 14.4 Å². The van der Waals surface area contributed by atoms with Crippen LogP contribution in [-0.4, -0.2) is 53.3 Å². The van der Waals surface area contributed by atoms with Gasteiger partial charge >= 0.3 is 12.1 Å². The summed E-state index contributed by atoms with van der Waals surface area (Å²) in [6.07, 6.45) is 4.07. The van der Waals surface area contributed by atoms with E-state index in [9.17, 15) is 9.59 Å². The average Bonchev–Trinajstić information content (AvgIpc) is 2.46. The molecule has 1 amide bonds. The molecule has 6 heteroatoms. The number of esters is 1. The van der Waals surface area contributed by atoms with Crippen LogP contribution in [0.4, 0.5) is 4.79 Å². The number of piperidine rings is 1. The molecule has 0 bridgehead atoms. The van der Waals surface area contributed by atoms with Gasteiger partial charge in [0.1, 0.15) is 11.2 Å². The van der Waals surface area contributed by atoms with Crippen LogP contribution in [0.25, 0.3) is 0 Å². The number of hydrogen-bond acceptors (Lipinski definition) is 5. The highest BCUT2D eigenvalue weighted by Gasteiger charge is 2.37. The minimum Gasteiger partial charge on any atom is -0.459 e. The van der Waals surface area contributed by atoms with Crippen molar-refractivity contribution in [2.75, 3.05) is 25.1 Å². The standard InChI is InChI=1S/C17H31NO4S/c1-7-16(2,3)22-15(20)18-10-8-13(9-11-18)17(4,5)21-14(19)12-23-6/h13H,7-12H2,1-6H3. The summed E-state index contributed by atoms with van der Waals surface area (Å²) < 4.78 is 11.2. The number of likely N-dealkylation sites (tertiary alicyclic amines) is 1. The SMILES string of the molecule is CCC(C)(C)OC(=O)N1CCC(C(C)(C)OC(=O)CSC)CC1. The van der Waals surface area contributed by atoms with Crippen molar-refractivity contribution in [1.29, 1.82) is 0 Å². The van der Waals surface area contributed by atoms with Crippen molar-refractivity contribution >= 4 is 23.8 Å². The first-order valence-corrected chi connectivity index (χ1v) is 9.69. The lowest BCUT2D eigenvalue weighted by Gasteiger charge is -2.40. The lowest BCUT2D eigenvalue weighted by Crippen LogP contribution is -2.47. The molecule has 1 aliphatic heterocycles. The lowest BCUT2D eigenvalue weighted by molar-refractivity contribution is -0.160. The molecule has 0 aromatic heterocycles. The molecule has 1 rings (SSSR count). The maximum atomic E-state index is 12.2. The predicted octanol–water partition coefficient (Wildman–Crippen LogP) is 3.71. The Hall–Kier alpha value is -0.910. The molecule has 23 heavy (non-hydrogen) atoms. The van der Waals surface area contributed by atoms with E-state index in [1.165, 1.54) is 11.8 Å². The van der Waals surface area contributed by atoms with Crippen LogP contribution < -0.4 is 0 Å². The zero-order valence-electron chi connectivity index (χ0n) is 15.3. The third kappa shape index (κ3) is 6.24. The maximum Gasteiger partial charge on any atom is 0.410 e. The molecular weight excluding hydrogens is 314 g/mol. The van der Waals surface area contributed by atoms with Gasteiger partial charge in [-0.3, -0.25) is 4.79 Å². The van der Waals surface area contributed by atoms with Gasteiger partial charge in [0.25, 0.3) is 0 Å². The largest absolute Gasteiger partial charge is 0.459 e. The molecule has 0 radical (unpaired) electrons. The van der Waals surface area contributed by atoms with Crippen molar-refractivity contribution < 1.29 is 19.1 Å².